The number of fused-ring (bicyclic) bond motifs is 1. The smallest absolute Gasteiger partial charge is 0.265 e. The van der Waals surface area contributed by atoms with Crippen LogP contribution < -0.4 is 15.0 Å². The Kier molecular flexibility index (Phi) is 5.30. The molecule has 2 heterocycles. The highest BCUT2D eigenvalue weighted by atomic mass is 32.1. The fraction of sp³-hybridized carbons (Fsp3) is 0.261. The minimum atomic E-state index is -0.703. The summed E-state index contributed by atoms with van der Waals surface area (Å²) in [5.74, 6) is 0.0826. The van der Waals surface area contributed by atoms with Crippen LogP contribution in [-0.2, 0) is 9.59 Å². The van der Waals surface area contributed by atoms with Crippen LogP contribution in [0.3, 0.4) is 0 Å². The number of rotatable bonds is 4. The van der Waals surface area contributed by atoms with Crippen molar-refractivity contribution in [2.45, 2.75) is 33.7 Å². The van der Waals surface area contributed by atoms with Crippen LogP contribution in [0.4, 0.5) is 11.4 Å². The van der Waals surface area contributed by atoms with Crippen LogP contribution in [0.2, 0.25) is 0 Å². The average Bonchev–Trinajstić information content (AvgIpc) is 3.24. The predicted octanol–water partition coefficient (Wildman–Crippen LogP) is 4.49. The summed E-state index contributed by atoms with van der Waals surface area (Å²) in [5.41, 5.74) is 7.95. The van der Waals surface area contributed by atoms with Crippen molar-refractivity contribution in [2.75, 3.05) is 16.8 Å². The van der Waals surface area contributed by atoms with Gasteiger partial charge in [-0.15, -0.1) is 11.3 Å². The summed E-state index contributed by atoms with van der Waals surface area (Å²) < 4.78 is 5.60. The van der Waals surface area contributed by atoms with E-state index in [1.54, 1.807) is 12.4 Å². The van der Waals surface area contributed by atoms with Crippen molar-refractivity contribution in [2.24, 2.45) is 0 Å². The van der Waals surface area contributed by atoms with Gasteiger partial charge in [-0.3, -0.25) is 14.5 Å². The quantitative estimate of drug-likeness (QED) is 0.674. The fourth-order valence-corrected chi connectivity index (χ4v) is 4.39. The number of thiazole rings is 1. The van der Waals surface area contributed by atoms with Gasteiger partial charge in [-0.1, -0.05) is 17.7 Å². The van der Waals surface area contributed by atoms with Crippen molar-refractivity contribution in [1.29, 1.82) is 0 Å². The highest BCUT2D eigenvalue weighted by Gasteiger charge is 2.33. The molecule has 6 nitrogen and oxygen atoms in total. The number of nitrogens with zero attached hydrogens (tertiary/aromatic N) is 2. The molecule has 0 radical (unpaired) electrons. The van der Waals surface area contributed by atoms with Gasteiger partial charge in [0.15, 0.2) is 6.61 Å². The summed E-state index contributed by atoms with van der Waals surface area (Å²) in [5, 5.41) is 4.95. The number of benzene rings is 2. The summed E-state index contributed by atoms with van der Waals surface area (Å²) >= 11 is 1.50. The Labute approximate surface area is 179 Å². The lowest BCUT2D eigenvalue weighted by Gasteiger charge is -2.33. The van der Waals surface area contributed by atoms with E-state index < -0.39 is 6.04 Å². The molecule has 0 spiro atoms. The Hall–Kier alpha value is -3.19. The Bertz CT molecular complexity index is 1100. The van der Waals surface area contributed by atoms with E-state index in [0.29, 0.717) is 11.4 Å². The molecule has 30 heavy (non-hydrogen) atoms. The SMILES string of the molecule is Cc1cc(C)c(NC(=O)C(C)N2C(=O)COc3ccc(-c4cscn4)cc32)c(C)c1. The summed E-state index contributed by atoms with van der Waals surface area (Å²) in [7, 11) is 0. The summed E-state index contributed by atoms with van der Waals surface area (Å²) in [4.78, 5) is 31.7. The third-order valence-electron chi connectivity index (χ3n) is 5.26. The molecule has 1 aliphatic heterocycles. The third-order valence-corrected chi connectivity index (χ3v) is 5.84. The zero-order valence-electron chi connectivity index (χ0n) is 17.4. The highest BCUT2D eigenvalue weighted by molar-refractivity contribution is 7.07. The van der Waals surface area contributed by atoms with Gasteiger partial charge in [0.25, 0.3) is 5.91 Å². The summed E-state index contributed by atoms with van der Waals surface area (Å²) in [6.45, 7) is 7.60. The molecule has 1 N–H and O–H groups in total. The number of carbonyl (C=O) groups is 2. The first kappa shape index (κ1) is 20.1. The lowest BCUT2D eigenvalue weighted by Crippen LogP contribution is -2.49. The second kappa shape index (κ2) is 7.91. The topological polar surface area (TPSA) is 71.5 Å². The van der Waals surface area contributed by atoms with E-state index in [-0.39, 0.29) is 18.4 Å². The van der Waals surface area contributed by atoms with Gasteiger partial charge >= 0.3 is 0 Å². The van der Waals surface area contributed by atoms with E-state index in [0.717, 1.165) is 33.6 Å². The minimum absolute atomic E-state index is 0.0940. The molecule has 2 amide bonds. The maximum atomic E-state index is 13.1. The first-order valence-electron chi connectivity index (χ1n) is 9.71. The number of hydrogen-bond acceptors (Lipinski definition) is 5. The van der Waals surface area contributed by atoms with E-state index in [1.807, 2.05) is 56.5 Å². The van der Waals surface area contributed by atoms with Crippen molar-refractivity contribution in [3.63, 3.8) is 0 Å². The number of anilines is 2. The van der Waals surface area contributed by atoms with Gasteiger partial charge in [-0.2, -0.15) is 0 Å². The molecule has 0 fully saturated rings. The first-order chi connectivity index (χ1) is 14.3. The fourth-order valence-electron chi connectivity index (χ4n) is 3.83. The van der Waals surface area contributed by atoms with Crippen molar-refractivity contribution in [1.82, 2.24) is 4.98 Å². The highest BCUT2D eigenvalue weighted by Crippen LogP contribution is 2.37. The maximum absolute atomic E-state index is 13.1. The molecule has 0 saturated carbocycles. The average molecular weight is 422 g/mol. The number of amides is 2. The van der Waals surface area contributed by atoms with E-state index >= 15 is 0 Å². The zero-order chi connectivity index (χ0) is 21.4. The third kappa shape index (κ3) is 3.68. The molecule has 1 aromatic heterocycles. The maximum Gasteiger partial charge on any atom is 0.265 e. The zero-order valence-corrected chi connectivity index (χ0v) is 18.2. The molecule has 0 aliphatic carbocycles. The van der Waals surface area contributed by atoms with E-state index in [2.05, 4.69) is 10.3 Å². The van der Waals surface area contributed by atoms with Crippen molar-refractivity contribution < 1.29 is 14.3 Å². The van der Waals surface area contributed by atoms with Crippen LogP contribution in [0.1, 0.15) is 23.6 Å². The molecule has 7 heteroatoms. The number of nitrogens with one attached hydrogen (secondary N) is 1. The van der Waals surface area contributed by atoms with Crippen LogP contribution in [0.5, 0.6) is 5.75 Å². The second-order valence-corrected chi connectivity index (χ2v) is 8.27. The number of carbonyl (C=O) groups excluding carboxylic acids is 2. The summed E-state index contributed by atoms with van der Waals surface area (Å²) in [6.07, 6.45) is 0. The van der Waals surface area contributed by atoms with Crippen LogP contribution in [0.15, 0.2) is 41.2 Å². The van der Waals surface area contributed by atoms with Crippen LogP contribution in [0.25, 0.3) is 11.3 Å². The molecule has 0 saturated heterocycles. The molecular weight excluding hydrogens is 398 g/mol. The Morgan fingerprint density at radius 3 is 2.60 bits per heavy atom. The molecule has 1 atom stereocenters. The molecule has 154 valence electrons. The number of aryl methyl sites for hydroxylation is 3. The largest absolute Gasteiger partial charge is 0.482 e. The molecule has 3 aromatic rings. The normalized spacial score (nSPS) is 14.1. The van der Waals surface area contributed by atoms with E-state index in [9.17, 15) is 9.59 Å². The van der Waals surface area contributed by atoms with Crippen LogP contribution in [-0.4, -0.2) is 29.4 Å². The second-order valence-electron chi connectivity index (χ2n) is 7.55. The van der Waals surface area contributed by atoms with Crippen LogP contribution >= 0.6 is 11.3 Å². The number of ether oxygens (including phenoxy) is 1. The lowest BCUT2D eigenvalue weighted by atomic mass is 10.0. The summed E-state index contributed by atoms with van der Waals surface area (Å²) in [6, 6.07) is 8.94. The molecule has 4 rings (SSSR count). The van der Waals surface area contributed by atoms with Gasteiger partial charge in [0.1, 0.15) is 11.8 Å². The monoisotopic (exact) mass is 421 g/mol. The minimum Gasteiger partial charge on any atom is -0.482 e. The van der Waals surface area contributed by atoms with Crippen LogP contribution in [0, 0.1) is 20.8 Å². The van der Waals surface area contributed by atoms with Gasteiger partial charge in [0.2, 0.25) is 5.91 Å². The van der Waals surface area contributed by atoms with Gasteiger partial charge in [0.05, 0.1) is 16.9 Å². The first-order valence-corrected chi connectivity index (χ1v) is 10.7. The standard InChI is InChI=1S/C23H23N3O3S/c1-13-7-14(2)22(15(3)8-13)25-23(28)16(4)26-19-9-17(18-11-30-12-24-18)5-6-20(19)29-10-21(26)27/h5-9,11-12,16H,10H2,1-4H3,(H,25,28). The van der Waals surface area contributed by atoms with Crippen molar-refractivity contribution in [3.05, 3.63) is 57.9 Å². The molecule has 1 aliphatic rings. The Balaban J connectivity index is 1.66. The molecule has 0 bridgehead atoms. The molecule has 1 unspecified atom stereocenters. The number of hydrogen-bond donors (Lipinski definition) is 1. The van der Waals surface area contributed by atoms with Gasteiger partial charge in [-0.25, -0.2) is 4.98 Å². The Morgan fingerprint density at radius 1 is 1.20 bits per heavy atom. The lowest BCUT2D eigenvalue weighted by molar-refractivity contribution is -0.125. The van der Waals surface area contributed by atoms with Gasteiger partial charge in [0, 0.05) is 16.6 Å². The molecule has 2 aromatic carbocycles. The Morgan fingerprint density at radius 2 is 1.93 bits per heavy atom. The molecular formula is C23H23N3O3S. The van der Waals surface area contributed by atoms with Gasteiger partial charge < -0.3 is 10.1 Å². The van der Waals surface area contributed by atoms with Gasteiger partial charge in [-0.05, 0) is 57.0 Å². The van der Waals surface area contributed by atoms with E-state index in [1.165, 1.54) is 16.2 Å². The van der Waals surface area contributed by atoms with Crippen molar-refractivity contribution in [3.8, 4) is 17.0 Å². The predicted molar refractivity (Wildman–Crippen MR) is 119 cm³/mol. The van der Waals surface area contributed by atoms with E-state index in [4.69, 9.17) is 4.74 Å². The van der Waals surface area contributed by atoms with Crippen molar-refractivity contribution >= 4 is 34.5 Å². The number of aromatic nitrogens is 1.